The van der Waals surface area contributed by atoms with Crippen LogP contribution in [0, 0.1) is 6.92 Å². The quantitative estimate of drug-likeness (QED) is 0.804. The lowest BCUT2D eigenvalue weighted by Gasteiger charge is -2.26. The second-order valence-electron chi connectivity index (χ2n) is 6.68. The average molecular weight is 424 g/mol. The molecule has 2 aromatic rings. The zero-order chi connectivity index (χ0) is 17.8. The number of aryl methyl sites for hydroxylation is 1. The summed E-state index contributed by atoms with van der Waals surface area (Å²) in [5, 5.41) is 7.53. The Morgan fingerprint density at radius 2 is 2.08 bits per heavy atom. The minimum atomic E-state index is -3.03. The van der Waals surface area contributed by atoms with Gasteiger partial charge in [-0.1, -0.05) is 34.1 Å². The van der Waals surface area contributed by atoms with Gasteiger partial charge in [0, 0.05) is 22.4 Å². The van der Waals surface area contributed by atoms with Crippen molar-refractivity contribution in [3.05, 3.63) is 45.6 Å². The summed E-state index contributed by atoms with van der Waals surface area (Å²) >= 11 is 3.58. The second kappa shape index (κ2) is 5.95. The van der Waals surface area contributed by atoms with Gasteiger partial charge in [0.05, 0.1) is 23.2 Å². The number of hydrogen-bond acceptors (Lipinski definition) is 4. The van der Waals surface area contributed by atoms with Crippen LogP contribution >= 0.6 is 15.9 Å². The standard InChI is InChI=1S/C17H18BrN3O3S/c1-10-16-13(12-4-2-3-5-14(12)18)8-15(22)19-17(16)21(20-10)11-6-7-25(23,24)9-11/h2-5,11,13H,6-9H2,1H3,(H,19,22)/t11-,13-/m0/s1. The Kier molecular flexibility index (Phi) is 3.99. The average Bonchev–Trinajstić information content (AvgIpc) is 3.07. The fourth-order valence-corrected chi connectivity index (χ4v) is 6.08. The van der Waals surface area contributed by atoms with Crippen LogP contribution in [0.25, 0.3) is 0 Å². The van der Waals surface area contributed by atoms with Crippen LogP contribution in [0.5, 0.6) is 0 Å². The third-order valence-corrected chi connectivity index (χ3v) is 7.43. The Hall–Kier alpha value is -1.67. The number of carbonyl (C=O) groups is 1. The van der Waals surface area contributed by atoms with Crippen LogP contribution in [-0.4, -0.2) is 35.6 Å². The van der Waals surface area contributed by atoms with Crippen molar-refractivity contribution in [2.45, 2.75) is 31.7 Å². The van der Waals surface area contributed by atoms with Crippen molar-refractivity contribution in [1.82, 2.24) is 9.78 Å². The maximum absolute atomic E-state index is 12.3. The number of benzene rings is 1. The lowest BCUT2D eigenvalue weighted by molar-refractivity contribution is -0.116. The molecule has 1 fully saturated rings. The third-order valence-electron chi connectivity index (χ3n) is 4.96. The molecule has 0 radical (unpaired) electrons. The van der Waals surface area contributed by atoms with E-state index in [2.05, 4.69) is 26.3 Å². The highest BCUT2D eigenvalue weighted by molar-refractivity contribution is 9.10. The normalized spacial score (nSPS) is 24.8. The van der Waals surface area contributed by atoms with Gasteiger partial charge in [-0.3, -0.25) is 4.79 Å². The first-order valence-electron chi connectivity index (χ1n) is 8.19. The largest absolute Gasteiger partial charge is 0.311 e. The summed E-state index contributed by atoms with van der Waals surface area (Å²) < 4.78 is 26.4. The smallest absolute Gasteiger partial charge is 0.226 e. The maximum Gasteiger partial charge on any atom is 0.226 e. The van der Waals surface area contributed by atoms with E-state index >= 15 is 0 Å². The molecular weight excluding hydrogens is 406 g/mol. The Labute approximate surface area is 154 Å². The molecule has 0 bridgehead atoms. The molecule has 25 heavy (non-hydrogen) atoms. The highest BCUT2D eigenvalue weighted by atomic mass is 79.9. The van der Waals surface area contributed by atoms with E-state index in [4.69, 9.17) is 0 Å². The summed E-state index contributed by atoms with van der Waals surface area (Å²) in [4.78, 5) is 12.3. The van der Waals surface area contributed by atoms with Gasteiger partial charge in [0.25, 0.3) is 0 Å². The van der Waals surface area contributed by atoms with Gasteiger partial charge in [0.15, 0.2) is 9.84 Å². The first-order chi connectivity index (χ1) is 11.9. The molecule has 3 heterocycles. The molecule has 1 aromatic carbocycles. The van der Waals surface area contributed by atoms with Crippen molar-refractivity contribution in [3.8, 4) is 0 Å². The molecule has 1 amide bonds. The number of fused-ring (bicyclic) bond motifs is 1. The van der Waals surface area contributed by atoms with E-state index in [0.717, 1.165) is 21.3 Å². The Bertz CT molecular complexity index is 968. The molecule has 2 aliphatic heterocycles. The summed E-state index contributed by atoms with van der Waals surface area (Å²) in [5.74, 6) is 0.737. The summed E-state index contributed by atoms with van der Waals surface area (Å²) in [7, 11) is -3.03. The van der Waals surface area contributed by atoms with Gasteiger partial charge in [-0.25, -0.2) is 13.1 Å². The van der Waals surface area contributed by atoms with E-state index in [0.29, 0.717) is 18.7 Å². The van der Waals surface area contributed by atoms with E-state index in [1.165, 1.54) is 0 Å². The van der Waals surface area contributed by atoms with Gasteiger partial charge in [-0.05, 0) is 25.0 Å². The number of sulfone groups is 1. The summed E-state index contributed by atoms with van der Waals surface area (Å²) in [6.07, 6.45) is 0.885. The SMILES string of the molecule is Cc1nn([C@H]2CCS(=O)(=O)C2)c2c1[C@H](c1ccccc1Br)CC(=O)N2. The van der Waals surface area contributed by atoms with Crippen molar-refractivity contribution < 1.29 is 13.2 Å². The first-order valence-corrected chi connectivity index (χ1v) is 10.8. The molecule has 0 unspecified atom stereocenters. The third kappa shape index (κ3) is 2.91. The number of hydrogen-bond donors (Lipinski definition) is 1. The summed E-state index contributed by atoms with van der Waals surface area (Å²) in [6.45, 7) is 1.92. The van der Waals surface area contributed by atoms with Crippen LogP contribution in [0.15, 0.2) is 28.7 Å². The zero-order valence-electron chi connectivity index (χ0n) is 13.7. The molecule has 8 heteroatoms. The summed E-state index contributed by atoms with van der Waals surface area (Å²) in [6, 6.07) is 7.65. The van der Waals surface area contributed by atoms with E-state index in [1.807, 2.05) is 31.2 Å². The predicted molar refractivity (Wildman–Crippen MR) is 98.5 cm³/mol. The van der Waals surface area contributed by atoms with E-state index < -0.39 is 9.84 Å². The number of nitrogens with zero attached hydrogens (tertiary/aromatic N) is 2. The molecule has 4 rings (SSSR count). The van der Waals surface area contributed by atoms with E-state index in [-0.39, 0.29) is 29.4 Å². The zero-order valence-corrected chi connectivity index (χ0v) is 16.1. The van der Waals surface area contributed by atoms with Gasteiger partial charge in [0.1, 0.15) is 5.82 Å². The Balaban J connectivity index is 1.83. The van der Waals surface area contributed by atoms with Gasteiger partial charge >= 0.3 is 0 Å². The lowest BCUT2D eigenvalue weighted by atomic mass is 9.86. The van der Waals surface area contributed by atoms with Gasteiger partial charge < -0.3 is 5.32 Å². The molecule has 132 valence electrons. The molecule has 0 aliphatic carbocycles. The predicted octanol–water partition coefficient (Wildman–Crippen LogP) is 2.79. The highest BCUT2D eigenvalue weighted by Crippen LogP contribution is 2.43. The van der Waals surface area contributed by atoms with Crippen LogP contribution in [0.1, 0.15) is 41.6 Å². The molecule has 1 aromatic heterocycles. The molecule has 1 N–H and O–H groups in total. The van der Waals surface area contributed by atoms with E-state index in [1.54, 1.807) is 4.68 Å². The molecular formula is C17H18BrN3O3S. The molecule has 6 nitrogen and oxygen atoms in total. The molecule has 0 spiro atoms. The van der Waals surface area contributed by atoms with Crippen molar-refractivity contribution >= 4 is 37.5 Å². The number of carbonyl (C=O) groups excluding carboxylic acids is 1. The van der Waals surface area contributed by atoms with Crippen molar-refractivity contribution in [3.63, 3.8) is 0 Å². The minimum Gasteiger partial charge on any atom is -0.311 e. The van der Waals surface area contributed by atoms with Crippen LogP contribution in [0.2, 0.25) is 0 Å². The van der Waals surface area contributed by atoms with Crippen molar-refractivity contribution in [2.75, 3.05) is 16.8 Å². The minimum absolute atomic E-state index is 0.0738. The monoisotopic (exact) mass is 423 g/mol. The molecule has 2 aliphatic rings. The number of nitrogens with one attached hydrogen (secondary N) is 1. The van der Waals surface area contributed by atoms with Crippen LogP contribution < -0.4 is 5.32 Å². The number of halogens is 1. The van der Waals surface area contributed by atoms with Gasteiger partial charge in [0.2, 0.25) is 5.91 Å². The highest BCUT2D eigenvalue weighted by Gasteiger charge is 2.37. The fraction of sp³-hybridized carbons (Fsp3) is 0.412. The van der Waals surface area contributed by atoms with Crippen LogP contribution in [0.3, 0.4) is 0 Å². The molecule has 1 saturated heterocycles. The van der Waals surface area contributed by atoms with Crippen molar-refractivity contribution in [1.29, 1.82) is 0 Å². The van der Waals surface area contributed by atoms with Crippen LogP contribution in [-0.2, 0) is 14.6 Å². The Morgan fingerprint density at radius 1 is 1.32 bits per heavy atom. The molecule has 0 saturated carbocycles. The van der Waals surface area contributed by atoms with Gasteiger partial charge in [-0.15, -0.1) is 0 Å². The maximum atomic E-state index is 12.3. The second-order valence-corrected chi connectivity index (χ2v) is 9.76. The Morgan fingerprint density at radius 3 is 2.76 bits per heavy atom. The topological polar surface area (TPSA) is 81.1 Å². The fourth-order valence-electron chi connectivity index (χ4n) is 3.83. The molecule has 2 atom stereocenters. The van der Waals surface area contributed by atoms with Crippen LogP contribution in [0.4, 0.5) is 5.82 Å². The number of amides is 1. The number of rotatable bonds is 2. The first kappa shape index (κ1) is 16.8. The number of aromatic nitrogens is 2. The number of anilines is 1. The summed E-state index contributed by atoms with van der Waals surface area (Å²) in [5.41, 5.74) is 2.86. The lowest BCUT2D eigenvalue weighted by Crippen LogP contribution is -2.26. The van der Waals surface area contributed by atoms with E-state index in [9.17, 15) is 13.2 Å². The van der Waals surface area contributed by atoms with Crippen molar-refractivity contribution in [2.24, 2.45) is 0 Å². The van der Waals surface area contributed by atoms with Gasteiger partial charge in [-0.2, -0.15) is 5.10 Å².